The number of hydrogen-bond acceptors (Lipinski definition) is 2. The van der Waals surface area contributed by atoms with Crippen LogP contribution in [-0.4, -0.2) is 29.2 Å². The summed E-state index contributed by atoms with van der Waals surface area (Å²) in [6.45, 7) is 1.05. The van der Waals surface area contributed by atoms with E-state index < -0.39 is 11.6 Å². The molecule has 0 bridgehead atoms. The van der Waals surface area contributed by atoms with E-state index in [0.29, 0.717) is 24.7 Å². The van der Waals surface area contributed by atoms with Crippen molar-refractivity contribution < 1.29 is 13.9 Å². The first kappa shape index (κ1) is 12.5. The van der Waals surface area contributed by atoms with Crippen molar-refractivity contribution in [3.63, 3.8) is 0 Å². The van der Waals surface area contributed by atoms with Gasteiger partial charge in [-0.1, -0.05) is 12.5 Å². The average molecular weight is 241 g/mol. The Kier molecular flexibility index (Phi) is 4.07. The summed E-state index contributed by atoms with van der Waals surface area (Å²) in [6, 6.07) is 4.10. The Morgan fingerprint density at radius 1 is 1.29 bits per heavy atom. The lowest BCUT2D eigenvalue weighted by molar-refractivity contribution is 0.0934. The highest BCUT2D eigenvalue weighted by atomic mass is 19.1. The SMILES string of the molecule is OCCN(Cc1ccc(F)cc1F)C1CCC1. The van der Waals surface area contributed by atoms with Gasteiger partial charge in [-0.05, 0) is 18.9 Å². The molecule has 0 saturated heterocycles. The van der Waals surface area contributed by atoms with Gasteiger partial charge in [0, 0.05) is 30.8 Å². The molecule has 4 heteroatoms. The Hall–Kier alpha value is -1.00. The smallest absolute Gasteiger partial charge is 0.130 e. The van der Waals surface area contributed by atoms with Gasteiger partial charge in [-0.25, -0.2) is 8.78 Å². The summed E-state index contributed by atoms with van der Waals surface area (Å²) in [4.78, 5) is 2.07. The Morgan fingerprint density at radius 3 is 2.59 bits per heavy atom. The maximum Gasteiger partial charge on any atom is 0.130 e. The minimum Gasteiger partial charge on any atom is -0.395 e. The highest BCUT2D eigenvalue weighted by molar-refractivity contribution is 5.18. The normalized spacial score (nSPS) is 16.2. The molecule has 0 amide bonds. The fourth-order valence-corrected chi connectivity index (χ4v) is 2.14. The Balaban J connectivity index is 2.05. The molecule has 0 heterocycles. The summed E-state index contributed by atoms with van der Waals surface area (Å²) >= 11 is 0. The number of aliphatic hydroxyl groups excluding tert-OH is 1. The number of hydrogen-bond donors (Lipinski definition) is 1. The van der Waals surface area contributed by atoms with Gasteiger partial charge in [-0.3, -0.25) is 4.90 Å². The molecule has 0 aromatic heterocycles. The van der Waals surface area contributed by atoms with Crippen molar-refractivity contribution in [1.82, 2.24) is 4.90 Å². The summed E-state index contributed by atoms with van der Waals surface area (Å²) < 4.78 is 26.3. The van der Waals surface area contributed by atoms with Gasteiger partial charge in [-0.15, -0.1) is 0 Å². The van der Waals surface area contributed by atoms with Crippen LogP contribution in [0.1, 0.15) is 24.8 Å². The maximum absolute atomic E-state index is 13.5. The quantitative estimate of drug-likeness (QED) is 0.855. The van der Waals surface area contributed by atoms with Crippen molar-refractivity contribution in [3.8, 4) is 0 Å². The predicted molar refractivity (Wildman–Crippen MR) is 61.5 cm³/mol. The van der Waals surface area contributed by atoms with Gasteiger partial charge in [0.05, 0.1) is 6.61 Å². The third kappa shape index (κ3) is 3.01. The highest BCUT2D eigenvalue weighted by Crippen LogP contribution is 2.26. The van der Waals surface area contributed by atoms with E-state index in [0.717, 1.165) is 18.9 Å². The molecule has 1 fully saturated rings. The molecule has 1 aromatic carbocycles. The first-order valence-corrected chi connectivity index (χ1v) is 5.99. The number of halogens is 2. The van der Waals surface area contributed by atoms with Crippen LogP contribution in [0, 0.1) is 11.6 Å². The minimum absolute atomic E-state index is 0.0688. The molecule has 1 aliphatic rings. The topological polar surface area (TPSA) is 23.5 Å². The lowest BCUT2D eigenvalue weighted by Gasteiger charge is -2.37. The Labute approximate surface area is 99.9 Å². The van der Waals surface area contributed by atoms with Gasteiger partial charge in [-0.2, -0.15) is 0 Å². The van der Waals surface area contributed by atoms with Crippen LogP contribution in [0.4, 0.5) is 8.78 Å². The molecule has 2 nitrogen and oxygen atoms in total. The molecule has 1 aliphatic carbocycles. The molecule has 1 saturated carbocycles. The molecule has 17 heavy (non-hydrogen) atoms. The standard InChI is InChI=1S/C13H17F2NO/c14-11-5-4-10(13(15)8-11)9-16(6-7-17)12-2-1-3-12/h4-5,8,12,17H,1-3,6-7,9H2. The zero-order valence-corrected chi connectivity index (χ0v) is 9.70. The molecule has 2 rings (SSSR count). The molecule has 0 spiro atoms. The first-order chi connectivity index (χ1) is 8.20. The third-order valence-electron chi connectivity index (χ3n) is 3.37. The number of aliphatic hydroxyl groups is 1. The van der Waals surface area contributed by atoms with E-state index >= 15 is 0 Å². The molecular formula is C13H17F2NO. The zero-order chi connectivity index (χ0) is 12.3. The van der Waals surface area contributed by atoms with Crippen LogP contribution in [0.2, 0.25) is 0 Å². The molecule has 0 aliphatic heterocycles. The van der Waals surface area contributed by atoms with E-state index in [2.05, 4.69) is 4.90 Å². The van der Waals surface area contributed by atoms with Crippen molar-refractivity contribution in [1.29, 1.82) is 0 Å². The number of rotatable bonds is 5. The van der Waals surface area contributed by atoms with Crippen LogP contribution in [0.3, 0.4) is 0 Å². The molecule has 0 radical (unpaired) electrons. The molecule has 94 valence electrons. The summed E-state index contributed by atoms with van der Waals surface area (Å²) in [6.07, 6.45) is 3.39. The van der Waals surface area contributed by atoms with Gasteiger partial charge in [0.25, 0.3) is 0 Å². The summed E-state index contributed by atoms with van der Waals surface area (Å²) in [5.74, 6) is -1.06. The molecule has 1 aromatic rings. The van der Waals surface area contributed by atoms with Crippen LogP contribution in [-0.2, 0) is 6.54 Å². The Morgan fingerprint density at radius 2 is 2.06 bits per heavy atom. The van der Waals surface area contributed by atoms with Crippen LogP contribution in [0.25, 0.3) is 0 Å². The van der Waals surface area contributed by atoms with Crippen molar-refractivity contribution in [2.75, 3.05) is 13.2 Å². The second-order valence-electron chi connectivity index (χ2n) is 4.51. The highest BCUT2D eigenvalue weighted by Gasteiger charge is 2.25. The van der Waals surface area contributed by atoms with E-state index in [4.69, 9.17) is 5.11 Å². The zero-order valence-electron chi connectivity index (χ0n) is 9.70. The van der Waals surface area contributed by atoms with E-state index in [1.807, 2.05) is 0 Å². The van der Waals surface area contributed by atoms with Crippen LogP contribution in [0.15, 0.2) is 18.2 Å². The maximum atomic E-state index is 13.5. The lowest BCUT2D eigenvalue weighted by atomic mass is 9.91. The van der Waals surface area contributed by atoms with Gasteiger partial charge in [0.1, 0.15) is 11.6 Å². The van der Waals surface area contributed by atoms with E-state index in [9.17, 15) is 8.78 Å². The van der Waals surface area contributed by atoms with Gasteiger partial charge < -0.3 is 5.11 Å². The molecule has 0 atom stereocenters. The largest absolute Gasteiger partial charge is 0.395 e. The number of nitrogens with zero attached hydrogens (tertiary/aromatic N) is 1. The number of benzene rings is 1. The summed E-state index contributed by atoms with van der Waals surface area (Å²) in [5.41, 5.74) is 0.492. The van der Waals surface area contributed by atoms with Crippen LogP contribution < -0.4 is 0 Å². The molecular weight excluding hydrogens is 224 g/mol. The van der Waals surface area contributed by atoms with Gasteiger partial charge >= 0.3 is 0 Å². The predicted octanol–water partition coefficient (Wildman–Crippen LogP) is 2.31. The van der Waals surface area contributed by atoms with Crippen molar-refractivity contribution in [2.45, 2.75) is 31.8 Å². The van der Waals surface area contributed by atoms with E-state index in [1.165, 1.54) is 18.6 Å². The van der Waals surface area contributed by atoms with Gasteiger partial charge in [0.15, 0.2) is 0 Å². The first-order valence-electron chi connectivity index (χ1n) is 5.99. The monoisotopic (exact) mass is 241 g/mol. The fourth-order valence-electron chi connectivity index (χ4n) is 2.14. The second kappa shape index (κ2) is 5.56. The second-order valence-corrected chi connectivity index (χ2v) is 4.51. The fraction of sp³-hybridized carbons (Fsp3) is 0.538. The minimum atomic E-state index is -0.552. The molecule has 0 unspecified atom stereocenters. The van der Waals surface area contributed by atoms with Gasteiger partial charge in [0.2, 0.25) is 0 Å². The third-order valence-corrected chi connectivity index (χ3v) is 3.37. The summed E-state index contributed by atoms with van der Waals surface area (Å²) in [5, 5.41) is 9.00. The summed E-state index contributed by atoms with van der Waals surface area (Å²) in [7, 11) is 0. The van der Waals surface area contributed by atoms with Crippen molar-refractivity contribution in [2.24, 2.45) is 0 Å². The molecule has 1 N–H and O–H groups in total. The van der Waals surface area contributed by atoms with E-state index in [1.54, 1.807) is 0 Å². The Bertz CT molecular complexity index is 380. The lowest BCUT2D eigenvalue weighted by Crippen LogP contribution is -2.41. The van der Waals surface area contributed by atoms with E-state index in [-0.39, 0.29) is 6.61 Å². The van der Waals surface area contributed by atoms with Crippen LogP contribution in [0.5, 0.6) is 0 Å². The average Bonchev–Trinajstić information content (AvgIpc) is 2.20. The van der Waals surface area contributed by atoms with Crippen LogP contribution >= 0.6 is 0 Å². The van der Waals surface area contributed by atoms with Crippen molar-refractivity contribution in [3.05, 3.63) is 35.4 Å². The van der Waals surface area contributed by atoms with Crippen molar-refractivity contribution >= 4 is 0 Å².